The Morgan fingerprint density at radius 1 is 0.914 bits per heavy atom. The first-order valence-corrected chi connectivity index (χ1v) is 11.4. The molecule has 1 heterocycles. The highest BCUT2D eigenvalue weighted by Gasteiger charge is 2.23. The Balaban J connectivity index is 1.94. The molecule has 0 aliphatic carbocycles. The smallest absolute Gasteiger partial charge is 0.253 e. The van der Waals surface area contributed by atoms with Crippen molar-refractivity contribution in [2.24, 2.45) is 0 Å². The fraction of sp³-hybridized carbons (Fsp3) is 0.240. The van der Waals surface area contributed by atoms with Crippen molar-refractivity contribution in [3.63, 3.8) is 0 Å². The van der Waals surface area contributed by atoms with E-state index in [1.54, 1.807) is 81.6 Å². The number of carbonyl (C=O) groups is 3. The third-order valence-electron chi connectivity index (χ3n) is 5.10. The molecule has 0 saturated carbocycles. The van der Waals surface area contributed by atoms with E-state index in [0.717, 1.165) is 0 Å². The van der Waals surface area contributed by atoms with Gasteiger partial charge in [-0.3, -0.25) is 14.4 Å². The van der Waals surface area contributed by atoms with Crippen molar-refractivity contribution in [2.45, 2.75) is 13.0 Å². The molecule has 8 nitrogen and oxygen atoms in total. The summed E-state index contributed by atoms with van der Waals surface area (Å²) >= 11 is 12.2. The van der Waals surface area contributed by atoms with Crippen molar-refractivity contribution in [3.8, 4) is 0 Å². The molecule has 1 aromatic heterocycles. The first kappa shape index (κ1) is 26.1. The summed E-state index contributed by atoms with van der Waals surface area (Å²) in [7, 11) is 6.88. The second kappa shape index (κ2) is 11.3. The van der Waals surface area contributed by atoms with Gasteiger partial charge in [-0.15, -0.1) is 0 Å². The van der Waals surface area contributed by atoms with Crippen LogP contribution in [0.15, 0.2) is 54.7 Å². The van der Waals surface area contributed by atoms with Crippen LogP contribution < -0.4 is 9.80 Å². The molecule has 0 fully saturated rings. The number of anilines is 2. The van der Waals surface area contributed by atoms with Crippen LogP contribution in [0, 0.1) is 0 Å². The van der Waals surface area contributed by atoms with Gasteiger partial charge in [0.05, 0.1) is 23.0 Å². The largest absolute Gasteiger partial charge is 0.363 e. The van der Waals surface area contributed by atoms with E-state index in [9.17, 15) is 14.4 Å². The van der Waals surface area contributed by atoms with Crippen LogP contribution in [0.3, 0.4) is 0 Å². The van der Waals surface area contributed by atoms with Gasteiger partial charge in [-0.1, -0.05) is 35.3 Å². The van der Waals surface area contributed by atoms with E-state index >= 15 is 0 Å². The van der Waals surface area contributed by atoms with Crippen LogP contribution in [-0.2, 0) is 11.3 Å². The SMILES string of the molecule is CN(C)C(=O)c1cccc(N(Cc2ccc(Cl)c(Cl)c2)C(=O)CC(=O)c2nccc(N(C)C)n2)c1. The highest BCUT2D eigenvalue weighted by atomic mass is 35.5. The lowest BCUT2D eigenvalue weighted by Crippen LogP contribution is -2.33. The predicted octanol–water partition coefficient (Wildman–Crippen LogP) is 4.36. The number of hydrogen-bond acceptors (Lipinski definition) is 6. The average molecular weight is 514 g/mol. The van der Waals surface area contributed by atoms with Crippen LogP contribution in [0.1, 0.15) is 33.0 Å². The predicted molar refractivity (Wildman–Crippen MR) is 137 cm³/mol. The number of benzene rings is 2. The van der Waals surface area contributed by atoms with E-state index in [0.29, 0.717) is 32.7 Å². The van der Waals surface area contributed by atoms with E-state index in [2.05, 4.69) is 9.97 Å². The lowest BCUT2D eigenvalue weighted by molar-refractivity contribution is -0.117. The number of nitrogens with zero attached hydrogens (tertiary/aromatic N) is 5. The highest BCUT2D eigenvalue weighted by Crippen LogP contribution is 2.26. The van der Waals surface area contributed by atoms with Crippen molar-refractivity contribution in [3.05, 3.63) is 81.7 Å². The average Bonchev–Trinajstić information content (AvgIpc) is 2.84. The maximum Gasteiger partial charge on any atom is 0.253 e. The summed E-state index contributed by atoms with van der Waals surface area (Å²) in [6.45, 7) is 0.112. The zero-order valence-electron chi connectivity index (χ0n) is 19.8. The third-order valence-corrected chi connectivity index (χ3v) is 5.84. The number of ketones is 1. The van der Waals surface area contributed by atoms with Gasteiger partial charge in [-0.2, -0.15) is 0 Å². The lowest BCUT2D eigenvalue weighted by atomic mass is 10.1. The second-order valence-electron chi connectivity index (χ2n) is 8.21. The topological polar surface area (TPSA) is 86.7 Å². The molecule has 0 unspecified atom stereocenters. The Morgan fingerprint density at radius 3 is 2.31 bits per heavy atom. The van der Waals surface area contributed by atoms with Gasteiger partial charge < -0.3 is 14.7 Å². The number of amides is 2. The first-order valence-electron chi connectivity index (χ1n) is 10.7. The number of carbonyl (C=O) groups excluding carboxylic acids is 3. The van der Waals surface area contributed by atoms with Crippen molar-refractivity contribution in [1.82, 2.24) is 14.9 Å². The fourth-order valence-corrected chi connectivity index (χ4v) is 3.57. The Hall–Kier alpha value is -3.49. The minimum Gasteiger partial charge on any atom is -0.363 e. The molecule has 3 aromatic rings. The van der Waals surface area contributed by atoms with E-state index in [4.69, 9.17) is 23.2 Å². The number of hydrogen-bond donors (Lipinski definition) is 0. The van der Waals surface area contributed by atoms with E-state index < -0.39 is 18.1 Å². The first-order chi connectivity index (χ1) is 16.6. The normalized spacial score (nSPS) is 10.6. The maximum absolute atomic E-state index is 13.4. The van der Waals surface area contributed by atoms with Crippen LogP contribution in [0.4, 0.5) is 11.5 Å². The fourth-order valence-electron chi connectivity index (χ4n) is 3.25. The van der Waals surface area contributed by atoms with Gasteiger partial charge in [0.2, 0.25) is 11.7 Å². The Morgan fingerprint density at radius 2 is 1.66 bits per heavy atom. The molecule has 0 aliphatic rings. The Labute approximate surface area is 214 Å². The van der Waals surface area contributed by atoms with E-state index in [1.165, 1.54) is 16.0 Å². The summed E-state index contributed by atoms with van der Waals surface area (Å²) in [5.41, 5.74) is 1.58. The monoisotopic (exact) mass is 513 g/mol. The molecule has 0 aliphatic heterocycles. The highest BCUT2D eigenvalue weighted by molar-refractivity contribution is 6.42. The van der Waals surface area contributed by atoms with Crippen LogP contribution in [0.5, 0.6) is 0 Å². The Bertz CT molecular complexity index is 1260. The van der Waals surface area contributed by atoms with Crippen LogP contribution >= 0.6 is 23.2 Å². The summed E-state index contributed by atoms with van der Waals surface area (Å²) < 4.78 is 0. The van der Waals surface area contributed by atoms with Crippen molar-refractivity contribution in [2.75, 3.05) is 38.0 Å². The lowest BCUT2D eigenvalue weighted by Gasteiger charge is -2.24. The molecular weight excluding hydrogens is 489 g/mol. The van der Waals surface area contributed by atoms with Gasteiger partial charge in [0.1, 0.15) is 5.82 Å². The van der Waals surface area contributed by atoms with Gasteiger partial charge in [-0.25, -0.2) is 9.97 Å². The zero-order chi connectivity index (χ0) is 25.7. The molecular formula is C25H25Cl2N5O3. The second-order valence-corrected chi connectivity index (χ2v) is 9.03. The quantitative estimate of drug-likeness (QED) is 0.328. The molecule has 0 radical (unpaired) electrons. The summed E-state index contributed by atoms with van der Waals surface area (Å²) in [4.78, 5) is 51.7. The van der Waals surface area contributed by atoms with Gasteiger partial charge in [0.25, 0.3) is 5.91 Å². The molecule has 0 bridgehead atoms. The van der Waals surface area contributed by atoms with Gasteiger partial charge in [0, 0.05) is 45.6 Å². The van der Waals surface area contributed by atoms with Crippen molar-refractivity contribution in [1.29, 1.82) is 0 Å². The Kier molecular flexibility index (Phi) is 8.43. The summed E-state index contributed by atoms with van der Waals surface area (Å²) in [5, 5.41) is 0.734. The van der Waals surface area contributed by atoms with E-state index in [1.807, 2.05) is 0 Å². The van der Waals surface area contributed by atoms with Crippen molar-refractivity contribution < 1.29 is 14.4 Å². The maximum atomic E-state index is 13.4. The minimum atomic E-state index is -0.515. The third kappa shape index (κ3) is 6.55. The van der Waals surface area contributed by atoms with Crippen molar-refractivity contribution >= 4 is 52.3 Å². The van der Waals surface area contributed by atoms with Gasteiger partial charge in [0.15, 0.2) is 5.82 Å². The molecule has 0 N–H and O–H groups in total. The number of rotatable bonds is 8. The summed E-state index contributed by atoms with van der Waals surface area (Å²) in [6, 6.07) is 13.4. The molecule has 2 amide bonds. The molecule has 0 atom stereocenters. The van der Waals surface area contributed by atoms with Crippen LogP contribution in [-0.4, -0.2) is 60.7 Å². The standard InChI is InChI=1S/C25H25Cl2N5O3/c1-30(2)22-10-11-28-24(29-22)21(33)14-23(34)32(15-16-8-9-19(26)20(27)12-16)18-7-5-6-17(13-18)25(35)31(3)4/h5-13H,14-15H2,1-4H3. The molecule has 0 spiro atoms. The molecule has 2 aromatic carbocycles. The summed E-state index contributed by atoms with van der Waals surface area (Å²) in [6.07, 6.45) is 1.02. The zero-order valence-corrected chi connectivity index (χ0v) is 21.3. The number of aromatic nitrogens is 2. The molecule has 10 heteroatoms. The molecule has 0 saturated heterocycles. The number of Topliss-reactive ketones (excluding diaryl/α,β-unsaturated/α-hetero) is 1. The van der Waals surface area contributed by atoms with Gasteiger partial charge >= 0.3 is 0 Å². The van der Waals surface area contributed by atoms with Crippen LogP contribution in [0.25, 0.3) is 0 Å². The summed E-state index contributed by atoms with van der Waals surface area (Å²) in [5.74, 6) is -0.694. The molecule has 3 rings (SSSR count). The molecule has 182 valence electrons. The van der Waals surface area contributed by atoms with Crippen LogP contribution in [0.2, 0.25) is 10.0 Å². The van der Waals surface area contributed by atoms with E-state index in [-0.39, 0.29) is 18.3 Å². The molecule has 35 heavy (non-hydrogen) atoms. The van der Waals surface area contributed by atoms with Gasteiger partial charge in [-0.05, 0) is 42.0 Å². The number of halogens is 2. The minimum absolute atomic E-state index is 0.0458.